The summed E-state index contributed by atoms with van der Waals surface area (Å²) in [7, 11) is 0. The van der Waals surface area contributed by atoms with Gasteiger partial charge in [0, 0.05) is 38.3 Å². The van der Waals surface area contributed by atoms with Gasteiger partial charge in [-0.15, -0.1) is 0 Å². The fraction of sp³-hybridized carbons (Fsp3) is 0.600. The molecule has 0 spiro atoms. The quantitative estimate of drug-likeness (QED) is 0.396. The van der Waals surface area contributed by atoms with E-state index in [2.05, 4.69) is 20.5 Å². The number of ether oxygens (including phenoxy) is 1. The van der Waals surface area contributed by atoms with E-state index in [9.17, 15) is 19.8 Å². The van der Waals surface area contributed by atoms with Crippen LogP contribution in [0.1, 0.15) is 80.9 Å². The van der Waals surface area contributed by atoms with Crippen molar-refractivity contribution in [1.29, 1.82) is 0 Å². The molecule has 2 fully saturated rings. The number of aromatic nitrogens is 2. The third kappa shape index (κ3) is 7.19. The zero-order valence-corrected chi connectivity index (χ0v) is 24.2. The molecule has 3 heterocycles. The van der Waals surface area contributed by atoms with Crippen LogP contribution in [0.2, 0.25) is 0 Å². The van der Waals surface area contributed by atoms with Gasteiger partial charge in [0.25, 0.3) is 5.91 Å². The maximum Gasteiger partial charge on any atom is 0.410 e. The summed E-state index contributed by atoms with van der Waals surface area (Å²) in [5, 5.41) is 27.5. The highest BCUT2D eigenvalue weighted by Crippen LogP contribution is 2.30. The Hall–Kier alpha value is -3.60. The van der Waals surface area contributed by atoms with Crippen LogP contribution in [-0.4, -0.2) is 80.5 Å². The van der Waals surface area contributed by atoms with Crippen molar-refractivity contribution < 1.29 is 24.5 Å². The Morgan fingerprint density at radius 2 is 1.83 bits per heavy atom. The van der Waals surface area contributed by atoms with Gasteiger partial charge in [0.15, 0.2) is 0 Å². The Morgan fingerprint density at radius 3 is 2.51 bits per heavy atom. The van der Waals surface area contributed by atoms with Gasteiger partial charge in [0.2, 0.25) is 5.95 Å². The van der Waals surface area contributed by atoms with E-state index in [1.807, 2.05) is 0 Å². The molecule has 2 amide bonds. The van der Waals surface area contributed by atoms with E-state index in [0.29, 0.717) is 24.2 Å². The van der Waals surface area contributed by atoms with E-state index in [1.165, 1.54) is 17.7 Å². The van der Waals surface area contributed by atoms with Crippen molar-refractivity contribution in [1.82, 2.24) is 20.2 Å². The normalized spacial score (nSPS) is 20.0. The maximum absolute atomic E-state index is 13.3. The van der Waals surface area contributed by atoms with E-state index < -0.39 is 29.7 Å². The van der Waals surface area contributed by atoms with Crippen LogP contribution in [0.3, 0.4) is 0 Å². The van der Waals surface area contributed by atoms with Crippen molar-refractivity contribution in [3.8, 4) is 5.75 Å². The first-order valence-corrected chi connectivity index (χ1v) is 14.7. The van der Waals surface area contributed by atoms with Crippen LogP contribution in [0, 0.1) is 0 Å². The second kappa shape index (κ2) is 12.1. The Bertz CT molecular complexity index is 1250. The predicted octanol–water partition coefficient (Wildman–Crippen LogP) is 3.59. The number of aliphatic hydroxyl groups is 1. The summed E-state index contributed by atoms with van der Waals surface area (Å²) < 4.78 is 5.62. The topological polar surface area (TPSA) is 140 Å². The first-order valence-electron chi connectivity index (χ1n) is 14.7. The molecular formula is C30H42N6O5. The second-order valence-electron chi connectivity index (χ2n) is 12.4. The van der Waals surface area contributed by atoms with Crippen LogP contribution in [0.5, 0.6) is 5.75 Å². The van der Waals surface area contributed by atoms with E-state index in [4.69, 9.17) is 9.72 Å². The molecule has 0 radical (unpaired) electrons. The van der Waals surface area contributed by atoms with Crippen molar-refractivity contribution in [3.63, 3.8) is 0 Å². The smallest absolute Gasteiger partial charge is 0.410 e. The average molecular weight is 567 g/mol. The third-order valence-electron chi connectivity index (χ3n) is 7.95. The van der Waals surface area contributed by atoms with Crippen molar-refractivity contribution in [2.45, 2.75) is 96.1 Å². The molecule has 1 saturated carbocycles. The van der Waals surface area contributed by atoms with Crippen LogP contribution >= 0.6 is 0 Å². The van der Waals surface area contributed by atoms with Crippen molar-refractivity contribution in [2.24, 2.45) is 0 Å². The van der Waals surface area contributed by atoms with Gasteiger partial charge in [0.05, 0.1) is 12.1 Å². The Morgan fingerprint density at radius 1 is 1.07 bits per heavy atom. The standard InChI is InChI=1S/C30H42N6O5/c1-30(2,3)41-29(40)36-18-20-14-22(37)11-10-19(20)15-24(36)25(38)17-31-27(39)23-16-26(32-21-8-7-9-21)34-28(33-23)35-12-5-4-6-13-35/h10-11,14,16,21,24-25,37-38H,4-9,12-13,15,17-18H2,1-3H3,(H,31,39)(H,32,33,34)/t24-,25+/m0/s1. The number of fused-ring (bicyclic) bond motifs is 1. The van der Waals surface area contributed by atoms with Crippen molar-refractivity contribution >= 4 is 23.8 Å². The molecular weight excluding hydrogens is 524 g/mol. The molecule has 222 valence electrons. The first kappa shape index (κ1) is 28.9. The van der Waals surface area contributed by atoms with Gasteiger partial charge in [-0.1, -0.05) is 6.07 Å². The minimum atomic E-state index is -1.07. The first-order chi connectivity index (χ1) is 19.6. The molecule has 11 heteroatoms. The summed E-state index contributed by atoms with van der Waals surface area (Å²) in [6.45, 7) is 7.17. The number of aliphatic hydroxyl groups excluding tert-OH is 1. The van der Waals surface area contributed by atoms with Crippen LogP contribution in [0.25, 0.3) is 0 Å². The minimum absolute atomic E-state index is 0.0787. The number of rotatable bonds is 7. The molecule has 1 aromatic heterocycles. The number of anilines is 2. The fourth-order valence-electron chi connectivity index (χ4n) is 5.50. The monoisotopic (exact) mass is 566 g/mol. The number of hydrogen-bond donors (Lipinski definition) is 4. The summed E-state index contributed by atoms with van der Waals surface area (Å²) in [4.78, 5) is 39.4. The van der Waals surface area contributed by atoms with E-state index in [-0.39, 0.29) is 24.5 Å². The van der Waals surface area contributed by atoms with Gasteiger partial charge < -0.3 is 30.5 Å². The molecule has 2 atom stereocenters. The Kier molecular flexibility index (Phi) is 8.53. The summed E-state index contributed by atoms with van der Waals surface area (Å²) >= 11 is 0. The summed E-state index contributed by atoms with van der Waals surface area (Å²) in [6, 6.07) is 6.41. The number of benzene rings is 1. The van der Waals surface area contributed by atoms with Gasteiger partial charge >= 0.3 is 6.09 Å². The molecule has 1 saturated heterocycles. The summed E-state index contributed by atoms with van der Waals surface area (Å²) in [5.74, 6) is 0.882. The number of piperidine rings is 1. The number of nitrogens with one attached hydrogen (secondary N) is 2. The minimum Gasteiger partial charge on any atom is -0.508 e. The average Bonchev–Trinajstić information content (AvgIpc) is 2.92. The molecule has 1 aromatic carbocycles. The lowest BCUT2D eigenvalue weighted by Crippen LogP contribution is -2.54. The van der Waals surface area contributed by atoms with E-state index >= 15 is 0 Å². The van der Waals surface area contributed by atoms with Crippen LogP contribution in [0.4, 0.5) is 16.6 Å². The highest BCUT2D eigenvalue weighted by molar-refractivity contribution is 5.93. The molecule has 5 rings (SSSR count). The molecule has 0 unspecified atom stereocenters. The van der Waals surface area contributed by atoms with Crippen LogP contribution in [-0.2, 0) is 17.7 Å². The van der Waals surface area contributed by atoms with Crippen molar-refractivity contribution in [3.05, 3.63) is 41.1 Å². The fourth-order valence-corrected chi connectivity index (χ4v) is 5.50. The zero-order chi connectivity index (χ0) is 29.1. The molecule has 0 bridgehead atoms. The van der Waals surface area contributed by atoms with E-state index in [1.54, 1.807) is 45.0 Å². The zero-order valence-electron chi connectivity index (χ0n) is 24.2. The molecule has 11 nitrogen and oxygen atoms in total. The number of carbonyl (C=O) groups is 2. The van der Waals surface area contributed by atoms with Gasteiger partial charge in [0.1, 0.15) is 22.9 Å². The number of aromatic hydroxyl groups is 1. The number of nitrogens with zero attached hydrogens (tertiary/aromatic N) is 4. The lowest BCUT2D eigenvalue weighted by atomic mass is 9.91. The summed E-state index contributed by atoms with van der Waals surface area (Å²) in [5.41, 5.74) is 1.24. The highest BCUT2D eigenvalue weighted by atomic mass is 16.6. The Labute approximate surface area is 241 Å². The van der Waals surface area contributed by atoms with Crippen LogP contribution in [0.15, 0.2) is 24.3 Å². The second-order valence-corrected chi connectivity index (χ2v) is 12.4. The summed E-state index contributed by atoms with van der Waals surface area (Å²) in [6.07, 6.45) is 5.37. The van der Waals surface area contributed by atoms with Gasteiger partial charge in [-0.2, -0.15) is 4.98 Å². The number of amides is 2. The molecule has 2 aliphatic heterocycles. The third-order valence-corrected chi connectivity index (χ3v) is 7.95. The highest BCUT2D eigenvalue weighted by Gasteiger charge is 2.37. The van der Waals surface area contributed by atoms with Crippen molar-refractivity contribution in [2.75, 3.05) is 29.9 Å². The predicted molar refractivity (Wildman–Crippen MR) is 155 cm³/mol. The molecule has 3 aliphatic rings. The molecule has 41 heavy (non-hydrogen) atoms. The van der Waals surface area contributed by atoms with Gasteiger partial charge in [-0.3, -0.25) is 9.69 Å². The van der Waals surface area contributed by atoms with E-state index in [0.717, 1.165) is 49.9 Å². The number of phenolic OH excluding ortho intramolecular Hbond substituents is 1. The van der Waals surface area contributed by atoms with Gasteiger partial charge in [-0.05, 0) is 89.0 Å². The lowest BCUT2D eigenvalue weighted by molar-refractivity contribution is -0.0113. The van der Waals surface area contributed by atoms with Crippen LogP contribution < -0.4 is 15.5 Å². The van der Waals surface area contributed by atoms with Gasteiger partial charge in [-0.25, -0.2) is 9.78 Å². The number of phenols is 1. The number of hydrogen-bond acceptors (Lipinski definition) is 9. The largest absolute Gasteiger partial charge is 0.508 e. The molecule has 1 aliphatic carbocycles. The Balaban J connectivity index is 1.31. The molecule has 4 N–H and O–H groups in total. The maximum atomic E-state index is 13.3. The number of carbonyl (C=O) groups excluding carboxylic acids is 2. The lowest BCUT2D eigenvalue weighted by Gasteiger charge is -2.40. The molecule has 2 aromatic rings. The SMILES string of the molecule is CC(C)(C)OC(=O)N1Cc2cc(O)ccc2C[C@H]1[C@H](O)CNC(=O)c1cc(NC2CCC2)nc(N2CCCCC2)n1.